The number of pyridine rings is 1. The van der Waals surface area contributed by atoms with Crippen LogP contribution in [0, 0.1) is 16.7 Å². The smallest absolute Gasteiger partial charge is 0.155 e. The summed E-state index contributed by atoms with van der Waals surface area (Å²) in [4.78, 5) is 4.54. The van der Waals surface area contributed by atoms with Crippen molar-refractivity contribution < 1.29 is 0 Å². The first-order valence-corrected chi connectivity index (χ1v) is 3.92. The van der Waals surface area contributed by atoms with Crippen LogP contribution >= 0.6 is 11.8 Å². The number of rotatable bonds is 1. The van der Waals surface area contributed by atoms with Gasteiger partial charge in [-0.1, -0.05) is 11.8 Å². The Labute approximate surface area is 73.9 Å². The Balaban J connectivity index is 2.88. The van der Waals surface area contributed by atoms with Gasteiger partial charge in [0.25, 0.3) is 0 Å². The fourth-order valence-corrected chi connectivity index (χ4v) is 1.22. The van der Waals surface area contributed by atoms with Crippen molar-refractivity contribution >= 4 is 16.9 Å². The van der Waals surface area contributed by atoms with Crippen LogP contribution in [0.1, 0.15) is 5.69 Å². The van der Waals surface area contributed by atoms with E-state index in [0.29, 0.717) is 5.69 Å². The van der Waals surface area contributed by atoms with E-state index in [9.17, 15) is 0 Å². The minimum Gasteiger partial charge on any atom is -0.378 e. The Hall–Kier alpha value is -1.54. The predicted molar refractivity (Wildman–Crippen MR) is 46.7 cm³/mol. The zero-order chi connectivity index (χ0) is 8.97. The highest BCUT2D eigenvalue weighted by molar-refractivity contribution is 8.13. The lowest BCUT2D eigenvalue weighted by Crippen LogP contribution is -2.02. The Bertz CT molecular complexity index is 342. The minimum atomic E-state index is 0.00471. The van der Waals surface area contributed by atoms with Crippen LogP contribution < -0.4 is 5.73 Å². The molecule has 0 aliphatic heterocycles. The van der Waals surface area contributed by atoms with E-state index in [1.54, 1.807) is 12.1 Å². The number of thioether (sulfide) groups is 1. The molecule has 1 aromatic rings. The molecular weight excluding hydrogens is 172 g/mol. The van der Waals surface area contributed by atoms with Crippen molar-refractivity contribution in [2.75, 3.05) is 0 Å². The van der Waals surface area contributed by atoms with E-state index in [1.807, 2.05) is 6.07 Å². The van der Waals surface area contributed by atoms with Crippen molar-refractivity contribution in [1.82, 2.24) is 4.98 Å². The van der Waals surface area contributed by atoms with Crippen molar-refractivity contribution in [2.45, 2.75) is 4.90 Å². The summed E-state index contributed by atoms with van der Waals surface area (Å²) in [7, 11) is 0. The summed E-state index contributed by atoms with van der Waals surface area (Å²) in [5, 5.41) is 15.5. The summed E-state index contributed by atoms with van der Waals surface area (Å²) < 4.78 is 0. The van der Waals surface area contributed by atoms with Gasteiger partial charge in [-0.15, -0.1) is 0 Å². The molecular formula is C7H6N4S. The molecule has 3 N–H and O–H groups in total. The highest BCUT2D eigenvalue weighted by atomic mass is 32.2. The molecule has 1 heterocycles. The summed E-state index contributed by atoms with van der Waals surface area (Å²) in [5.41, 5.74) is 5.49. The van der Waals surface area contributed by atoms with Crippen LogP contribution in [-0.2, 0) is 0 Å². The molecule has 0 amide bonds. The second-order valence-corrected chi connectivity index (χ2v) is 3.07. The topological polar surface area (TPSA) is 86.5 Å². The van der Waals surface area contributed by atoms with Gasteiger partial charge in [0.2, 0.25) is 0 Å². The summed E-state index contributed by atoms with van der Waals surface area (Å²) >= 11 is 1.10. The molecule has 0 aromatic carbocycles. The Morgan fingerprint density at radius 3 is 3.08 bits per heavy atom. The zero-order valence-electron chi connectivity index (χ0n) is 6.11. The third-order valence-electron chi connectivity index (χ3n) is 1.07. The second kappa shape index (κ2) is 3.74. The monoisotopic (exact) mass is 178 g/mol. The molecule has 4 nitrogen and oxygen atoms in total. The van der Waals surface area contributed by atoms with Crippen molar-refractivity contribution in [1.29, 1.82) is 10.7 Å². The second-order valence-electron chi connectivity index (χ2n) is 1.95. The predicted octanol–water partition coefficient (Wildman–Crippen LogP) is 0.939. The van der Waals surface area contributed by atoms with E-state index < -0.39 is 0 Å². The number of hydrogen-bond donors (Lipinski definition) is 2. The standard InChI is InChI=1S/C7H6N4S/c8-4-5-3-6(1-2-11-5)12-7(9)10/h1-3H,(H3,9,10). The van der Waals surface area contributed by atoms with E-state index in [2.05, 4.69) is 4.98 Å². The van der Waals surface area contributed by atoms with Gasteiger partial charge in [0.1, 0.15) is 11.8 Å². The molecule has 0 bridgehead atoms. The maximum Gasteiger partial charge on any atom is 0.155 e. The SMILES string of the molecule is N#Cc1cc(SC(=N)N)ccn1. The fourth-order valence-electron chi connectivity index (χ4n) is 0.663. The largest absolute Gasteiger partial charge is 0.378 e. The highest BCUT2D eigenvalue weighted by Crippen LogP contribution is 2.16. The number of nitrogens with two attached hydrogens (primary N) is 1. The lowest BCUT2D eigenvalue weighted by molar-refractivity contribution is 1.21. The normalized spacial score (nSPS) is 8.92. The van der Waals surface area contributed by atoms with Crippen LogP contribution in [-0.4, -0.2) is 10.2 Å². The van der Waals surface area contributed by atoms with E-state index in [-0.39, 0.29) is 5.17 Å². The first-order valence-electron chi connectivity index (χ1n) is 3.10. The molecule has 0 aliphatic rings. The number of hydrogen-bond acceptors (Lipinski definition) is 4. The molecule has 0 aliphatic carbocycles. The van der Waals surface area contributed by atoms with Crippen LogP contribution in [0.25, 0.3) is 0 Å². The van der Waals surface area contributed by atoms with Crippen LogP contribution in [0.2, 0.25) is 0 Å². The molecule has 0 saturated heterocycles. The number of aromatic nitrogens is 1. The lowest BCUT2D eigenvalue weighted by atomic mass is 10.4. The Kier molecular flexibility index (Phi) is 2.66. The van der Waals surface area contributed by atoms with E-state index >= 15 is 0 Å². The van der Waals surface area contributed by atoms with Gasteiger partial charge in [0, 0.05) is 11.1 Å². The van der Waals surface area contributed by atoms with Crippen LogP contribution in [0.3, 0.4) is 0 Å². The summed E-state index contributed by atoms with van der Waals surface area (Å²) in [6.45, 7) is 0. The lowest BCUT2D eigenvalue weighted by Gasteiger charge is -1.96. The molecule has 0 unspecified atom stereocenters. The highest BCUT2D eigenvalue weighted by Gasteiger charge is 1.97. The van der Waals surface area contributed by atoms with E-state index in [0.717, 1.165) is 16.7 Å². The molecule has 0 radical (unpaired) electrons. The molecule has 60 valence electrons. The first kappa shape index (κ1) is 8.56. The number of amidine groups is 1. The maximum atomic E-state index is 8.49. The molecule has 0 saturated carbocycles. The van der Waals surface area contributed by atoms with Gasteiger partial charge in [-0.05, 0) is 12.1 Å². The van der Waals surface area contributed by atoms with E-state index in [1.165, 1.54) is 6.20 Å². The molecule has 0 spiro atoms. The van der Waals surface area contributed by atoms with Gasteiger partial charge in [-0.25, -0.2) is 4.98 Å². The quantitative estimate of drug-likeness (QED) is 0.380. The average molecular weight is 178 g/mol. The molecule has 0 atom stereocenters. The van der Waals surface area contributed by atoms with Gasteiger partial charge in [0.05, 0.1) is 0 Å². The maximum absolute atomic E-state index is 8.49. The zero-order valence-corrected chi connectivity index (χ0v) is 6.93. The Morgan fingerprint density at radius 1 is 1.75 bits per heavy atom. The first-order chi connectivity index (χ1) is 5.72. The van der Waals surface area contributed by atoms with Crippen LogP contribution in [0.15, 0.2) is 23.2 Å². The van der Waals surface area contributed by atoms with Gasteiger partial charge in [-0.3, -0.25) is 5.41 Å². The summed E-state index contributed by atoms with van der Waals surface area (Å²) in [6, 6.07) is 5.20. The molecule has 12 heavy (non-hydrogen) atoms. The van der Waals surface area contributed by atoms with Crippen LogP contribution in [0.4, 0.5) is 0 Å². The fraction of sp³-hybridized carbons (Fsp3) is 0. The molecule has 5 heteroatoms. The van der Waals surface area contributed by atoms with Crippen molar-refractivity contribution in [3.63, 3.8) is 0 Å². The van der Waals surface area contributed by atoms with Crippen molar-refractivity contribution in [3.8, 4) is 6.07 Å². The van der Waals surface area contributed by atoms with E-state index in [4.69, 9.17) is 16.4 Å². The summed E-state index contributed by atoms with van der Waals surface area (Å²) in [5.74, 6) is 0. The Morgan fingerprint density at radius 2 is 2.50 bits per heavy atom. The van der Waals surface area contributed by atoms with Crippen molar-refractivity contribution in [2.24, 2.45) is 5.73 Å². The third kappa shape index (κ3) is 2.25. The number of nitrogens with zero attached hydrogens (tertiary/aromatic N) is 2. The minimum absolute atomic E-state index is 0.00471. The van der Waals surface area contributed by atoms with Gasteiger partial charge in [0.15, 0.2) is 5.17 Å². The number of nitrogens with one attached hydrogen (secondary N) is 1. The van der Waals surface area contributed by atoms with Gasteiger partial charge < -0.3 is 5.73 Å². The number of nitriles is 1. The molecule has 1 aromatic heterocycles. The van der Waals surface area contributed by atoms with Gasteiger partial charge >= 0.3 is 0 Å². The summed E-state index contributed by atoms with van der Waals surface area (Å²) in [6.07, 6.45) is 1.52. The molecule has 1 rings (SSSR count). The molecule has 0 fully saturated rings. The van der Waals surface area contributed by atoms with Gasteiger partial charge in [-0.2, -0.15) is 5.26 Å². The van der Waals surface area contributed by atoms with Crippen molar-refractivity contribution in [3.05, 3.63) is 24.0 Å². The third-order valence-corrected chi connectivity index (χ3v) is 1.78. The average Bonchev–Trinajstić information content (AvgIpc) is 2.03. The van der Waals surface area contributed by atoms with Crippen LogP contribution in [0.5, 0.6) is 0 Å².